The zero-order chi connectivity index (χ0) is 22.8. The summed E-state index contributed by atoms with van der Waals surface area (Å²) in [5.41, 5.74) is 0. The lowest BCUT2D eigenvalue weighted by Crippen LogP contribution is -2.34. The van der Waals surface area contributed by atoms with E-state index < -0.39 is 20.0 Å². The minimum Gasteiger partial charge on any atom is -0.438 e. The average molecular weight is 456 g/mol. The second-order valence-electron chi connectivity index (χ2n) is 7.51. The number of unbranched alkanes of at least 4 members (excludes halogenated alkanes) is 7. The molecule has 2 unspecified atom stereocenters. The van der Waals surface area contributed by atoms with Crippen molar-refractivity contribution in [3.63, 3.8) is 0 Å². The number of rotatable bonds is 19. The van der Waals surface area contributed by atoms with E-state index in [-0.39, 0.29) is 32.4 Å². The van der Waals surface area contributed by atoms with Gasteiger partial charge in [0.15, 0.2) is 6.10 Å². The number of carbonyl (C=O) groups excluding carboxylic acids is 1. The van der Waals surface area contributed by atoms with E-state index in [0.717, 1.165) is 12.8 Å². The van der Waals surface area contributed by atoms with E-state index in [1.165, 1.54) is 50.3 Å². The molecule has 0 spiro atoms. The number of aliphatic hydroxyl groups excluding tert-OH is 1. The molecule has 0 aromatic rings. The molecule has 0 saturated heterocycles. The Balaban J connectivity index is 4.34. The Hall–Kier alpha value is -0.700. The molecular weight excluding hydrogens is 413 g/mol. The van der Waals surface area contributed by atoms with Gasteiger partial charge in [-0.25, -0.2) is 14.0 Å². The highest BCUT2D eigenvalue weighted by Crippen LogP contribution is 2.47. The van der Waals surface area contributed by atoms with E-state index in [0.29, 0.717) is 6.61 Å². The van der Waals surface area contributed by atoms with Crippen molar-refractivity contribution in [2.45, 2.75) is 84.3 Å². The Labute approximate surface area is 181 Å². The second kappa shape index (κ2) is 17.9. The van der Waals surface area contributed by atoms with Gasteiger partial charge in [0, 0.05) is 19.2 Å². The van der Waals surface area contributed by atoms with Gasteiger partial charge in [0.25, 0.3) is 0 Å². The molecule has 0 fully saturated rings. The van der Waals surface area contributed by atoms with Crippen LogP contribution in [-0.2, 0) is 23.3 Å². The number of hydrogen-bond acceptors (Lipinski definition) is 7. The number of methoxy groups -OCH3 is 1. The highest BCUT2D eigenvalue weighted by Gasteiger charge is 2.33. The third kappa shape index (κ3) is 14.3. The lowest BCUT2D eigenvalue weighted by molar-refractivity contribution is -0.0304. The number of hydrogen-bond donors (Lipinski definition) is 2. The van der Waals surface area contributed by atoms with Crippen LogP contribution in [0.3, 0.4) is 0 Å². The fourth-order valence-electron chi connectivity index (χ4n) is 2.89. The molecule has 9 nitrogen and oxygen atoms in total. The third-order valence-corrected chi connectivity index (χ3v) is 6.35. The maximum atomic E-state index is 12.5. The first-order valence-electron chi connectivity index (χ1n) is 11.0. The van der Waals surface area contributed by atoms with E-state index in [1.54, 1.807) is 13.8 Å². The molecule has 0 saturated carbocycles. The van der Waals surface area contributed by atoms with E-state index in [2.05, 4.69) is 11.7 Å². The van der Waals surface area contributed by atoms with Crippen molar-refractivity contribution in [2.24, 2.45) is 0 Å². The quantitative estimate of drug-likeness (QED) is 0.169. The lowest BCUT2D eigenvalue weighted by atomic mass is 10.1. The topological polar surface area (TPSA) is 115 Å². The summed E-state index contributed by atoms with van der Waals surface area (Å²) in [7, 11) is -2.98. The summed E-state index contributed by atoms with van der Waals surface area (Å²) in [5, 5.41) is 9.10. The fourth-order valence-corrected chi connectivity index (χ4v) is 4.32. The van der Waals surface area contributed by atoms with Crippen LogP contribution in [0.25, 0.3) is 0 Å². The molecule has 0 amide bonds. The Morgan fingerprint density at radius 2 is 1.63 bits per heavy atom. The average Bonchev–Trinajstić information content (AvgIpc) is 2.70. The molecule has 0 aliphatic heterocycles. The molecule has 180 valence electrons. The van der Waals surface area contributed by atoms with Gasteiger partial charge in [-0.05, 0) is 20.3 Å². The van der Waals surface area contributed by atoms with Crippen LogP contribution < -0.4 is 0 Å². The minimum absolute atomic E-state index is 0.0110. The predicted molar refractivity (Wildman–Crippen MR) is 115 cm³/mol. The number of carbonyl (C=O) groups is 1. The number of aliphatic hydroxyl groups is 1. The highest BCUT2D eigenvalue weighted by molar-refractivity contribution is 7.50. The number of ether oxygens (including phenoxy) is 3. The van der Waals surface area contributed by atoms with E-state index in [1.807, 2.05) is 0 Å². The summed E-state index contributed by atoms with van der Waals surface area (Å²) in [4.78, 5) is 21.6. The standard InChI is InChI=1S/C20H42NO8P/c1-5-6-7-8-9-10-11-12-15-27-16-19(29-20(23)26-4)17-28-30(24,25)21(13-14-22)18(2)3/h18-19,22H,5-17H2,1-4H3,(H,24,25). The van der Waals surface area contributed by atoms with Crippen LogP contribution in [0.15, 0.2) is 0 Å². The van der Waals surface area contributed by atoms with Gasteiger partial charge < -0.3 is 24.2 Å². The SMILES string of the molecule is CCCCCCCCCCOCC(COP(=O)(O)N(CCO)C(C)C)OC(=O)OC. The maximum absolute atomic E-state index is 12.5. The van der Waals surface area contributed by atoms with Crippen molar-refractivity contribution >= 4 is 13.9 Å². The second-order valence-corrected chi connectivity index (χ2v) is 9.26. The van der Waals surface area contributed by atoms with E-state index >= 15 is 0 Å². The van der Waals surface area contributed by atoms with Gasteiger partial charge >= 0.3 is 13.9 Å². The van der Waals surface area contributed by atoms with Crippen LogP contribution in [0.5, 0.6) is 0 Å². The summed E-state index contributed by atoms with van der Waals surface area (Å²) in [6.45, 7) is 5.57. The Morgan fingerprint density at radius 3 is 2.17 bits per heavy atom. The van der Waals surface area contributed by atoms with Crippen LogP contribution in [0.4, 0.5) is 4.79 Å². The summed E-state index contributed by atoms with van der Waals surface area (Å²) >= 11 is 0. The van der Waals surface area contributed by atoms with Crippen LogP contribution in [0, 0.1) is 0 Å². The molecule has 2 N–H and O–H groups in total. The first-order chi connectivity index (χ1) is 14.3. The van der Waals surface area contributed by atoms with Crippen molar-refractivity contribution in [2.75, 3.05) is 40.1 Å². The molecule has 0 aliphatic rings. The molecule has 2 atom stereocenters. The molecule has 0 aromatic carbocycles. The largest absolute Gasteiger partial charge is 0.508 e. The maximum Gasteiger partial charge on any atom is 0.508 e. The molecule has 0 aliphatic carbocycles. The lowest BCUT2D eigenvalue weighted by Gasteiger charge is -2.30. The van der Waals surface area contributed by atoms with Gasteiger partial charge in [-0.3, -0.25) is 4.52 Å². The Morgan fingerprint density at radius 1 is 1.03 bits per heavy atom. The normalized spacial score (nSPS) is 14.7. The molecule has 0 rings (SSSR count). The number of nitrogens with zero attached hydrogens (tertiary/aromatic N) is 1. The minimum atomic E-state index is -4.16. The first kappa shape index (κ1) is 29.3. The van der Waals surface area contributed by atoms with Gasteiger partial charge in [0.1, 0.15) is 0 Å². The van der Waals surface area contributed by atoms with Crippen LogP contribution in [0.2, 0.25) is 0 Å². The molecule has 0 radical (unpaired) electrons. The fraction of sp³-hybridized carbons (Fsp3) is 0.950. The zero-order valence-corrected chi connectivity index (χ0v) is 20.0. The van der Waals surface area contributed by atoms with Gasteiger partial charge in [-0.2, -0.15) is 0 Å². The van der Waals surface area contributed by atoms with Crippen molar-refractivity contribution in [1.29, 1.82) is 0 Å². The molecular formula is C20H42NO8P. The van der Waals surface area contributed by atoms with Crippen LogP contribution >= 0.6 is 7.75 Å². The molecule has 0 heterocycles. The molecule has 0 aromatic heterocycles. The monoisotopic (exact) mass is 455 g/mol. The van der Waals surface area contributed by atoms with Gasteiger partial charge in [-0.1, -0.05) is 51.9 Å². The van der Waals surface area contributed by atoms with Crippen molar-refractivity contribution in [3.05, 3.63) is 0 Å². The van der Waals surface area contributed by atoms with Crippen molar-refractivity contribution in [1.82, 2.24) is 4.67 Å². The van der Waals surface area contributed by atoms with Gasteiger partial charge in [-0.15, -0.1) is 0 Å². The van der Waals surface area contributed by atoms with Gasteiger partial charge in [0.2, 0.25) is 0 Å². The van der Waals surface area contributed by atoms with Crippen molar-refractivity contribution < 1.29 is 38.1 Å². The van der Waals surface area contributed by atoms with Crippen molar-refractivity contribution in [3.8, 4) is 0 Å². The summed E-state index contributed by atoms with van der Waals surface area (Å²) in [6, 6.07) is -0.314. The zero-order valence-electron chi connectivity index (χ0n) is 19.1. The van der Waals surface area contributed by atoms with Crippen LogP contribution in [0.1, 0.15) is 72.1 Å². The predicted octanol–water partition coefficient (Wildman–Crippen LogP) is 4.12. The molecule has 0 bridgehead atoms. The van der Waals surface area contributed by atoms with E-state index in [9.17, 15) is 14.3 Å². The first-order valence-corrected chi connectivity index (χ1v) is 12.5. The van der Waals surface area contributed by atoms with E-state index in [4.69, 9.17) is 19.1 Å². The summed E-state index contributed by atoms with van der Waals surface area (Å²) in [6.07, 6.45) is 7.68. The summed E-state index contributed by atoms with van der Waals surface area (Å²) in [5.74, 6) is 0. The Kier molecular flexibility index (Phi) is 17.5. The van der Waals surface area contributed by atoms with Gasteiger partial charge in [0.05, 0.1) is 26.9 Å². The Bertz CT molecular complexity index is 478. The molecule has 10 heteroatoms. The smallest absolute Gasteiger partial charge is 0.438 e. The summed E-state index contributed by atoms with van der Waals surface area (Å²) < 4.78 is 33.9. The van der Waals surface area contributed by atoms with Crippen LogP contribution in [-0.4, -0.2) is 73.1 Å². The molecule has 30 heavy (non-hydrogen) atoms. The third-order valence-electron chi connectivity index (χ3n) is 4.55. The highest BCUT2D eigenvalue weighted by atomic mass is 31.2.